The number of aromatic amines is 1. The second-order valence-corrected chi connectivity index (χ2v) is 5.84. The van der Waals surface area contributed by atoms with Gasteiger partial charge in [-0.05, 0) is 43.4 Å². The summed E-state index contributed by atoms with van der Waals surface area (Å²) in [6, 6.07) is 5.64. The number of nitrogen functional groups attached to an aromatic ring is 1. The zero-order chi connectivity index (χ0) is 14.1. The molecule has 2 heterocycles. The van der Waals surface area contributed by atoms with Crippen molar-refractivity contribution in [3.8, 4) is 0 Å². The number of nitrogens with two attached hydrogens (primary N) is 1. The molecule has 0 spiro atoms. The van der Waals surface area contributed by atoms with Crippen LogP contribution in [0.25, 0.3) is 10.9 Å². The number of rotatable bonds is 1. The maximum Gasteiger partial charge on any atom is 0.256 e. The Morgan fingerprint density at radius 2 is 2.20 bits per heavy atom. The highest BCUT2D eigenvalue weighted by Gasteiger charge is 2.21. The molecule has 3 N–H and O–H groups in total. The van der Waals surface area contributed by atoms with Crippen LogP contribution in [0.5, 0.6) is 0 Å². The summed E-state index contributed by atoms with van der Waals surface area (Å²) in [7, 11) is 0. The summed E-state index contributed by atoms with van der Waals surface area (Å²) in [6.45, 7) is 3.99. The van der Waals surface area contributed by atoms with Crippen molar-refractivity contribution in [2.45, 2.75) is 26.2 Å². The molecule has 0 radical (unpaired) electrons. The molecule has 4 nitrogen and oxygen atoms in total. The van der Waals surface area contributed by atoms with Crippen molar-refractivity contribution in [1.29, 1.82) is 0 Å². The molecule has 1 unspecified atom stereocenters. The lowest BCUT2D eigenvalue weighted by Gasteiger charge is -2.20. The number of nitrogens with zero attached hydrogens (tertiary/aromatic N) is 1. The van der Waals surface area contributed by atoms with E-state index in [1.54, 1.807) is 6.20 Å². The maximum absolute atomic E-state index is 12.7. The van der Waals surface area contributed by atoms with Crippen LogP contribution in [0, 0.1) is 5.92 Å². The summed E-state index contributed by atoms with van der Waals surface area (Å²) in [5, 5.41) is 0.960. The maximum atomic E-state index is 12.7. The van der Waals surface area contributed by atoms with Gasteiger partial charge < -0.3 is 15.6 Å². The molecule has 1 atom stereocenters. The third-order valence-electron chi connectivity index (χ3n) is 4.24. The average Bonchev–Trinajstić information content (AvgIpc) is 2.72. The van der Waals surface area contributed by atoms with Crippen molar-refractivity contribution in [1.82, 2.24) is 9.88 Å². The Morgan fingerprint density at radius 3 is 3.05 bits per heavy atom. The summed E-state index contributed by atoms with van der Waals surface area (Å²) < 4.78 is 0. The number of hydrogen-bond acceptors (Lipinski definition) is 2. The fourth-order valence-corrected chi connectivity index (χ4v) is 2.96. The molecule has 1 saturated heterocycles. The minimum absolute atomic E-state index is 0.134. The van der Waals surface area contributed by atoms with Gasteiger partial charge in [0.15, 0.2) is 0 Å². The van der Waals surface area contributed by atoms with E-state index in [2.05, 4.69) is 11.9 Å². The van der Waals surface area contributed by atoms with E-state index in [1.807, 2.05) is 23.1 Å². The number of hydrogen-bond donors (Lipinski definition) is 2. The van der Waals surface area contributed by atoms with Crippen LogP contribution in [0.1, 0.15) is 36.5 Å². The summed E-state index contributed by atoms with van der Waals surface area (Å²) in [5.74, 6) is 0.852. The molecular formula is C16H21N3O. The van der Waals surface area contributed by atoms with Crippen LogP contribution in [0.2, 0.25) is 0 Å². The molecule has 0 bridgehead atoms. The van der Waals surface area contributed by atoms with Gasteiger partial charge in [-0.3, -0.25) is 4.79 Å². The normalized spacial score (nSPS) is 20.1. The Labute approximate surface area is 118 Å². The Hall–Kier alpha value is -1.97. The number of H-pyrrole nitrogens is 1. The number of likely N-dealkylation sites (tertiary alicyclic amines) is 1. The fourth-order valence-electron chi connectivity index (χ4n) is 2.96. The van der Waals surface area contributed by atoms with E-state index in [1.165, 1.54) is 6.42 Å². The highest BCUT2D eigenvalue weighted by atomic mass is 16.2. The topological polar surface area (TPSA) is 62.1 Å². The van der Waals surface area contributed by atoms with Gasteiger partial charge in [-0.1, -0.05) is 6.92 Å². The quantitative estimate of drug-likeness (QED) is 0.783. The Bertz CT molecular complexity index is 632. The summed E-state index contributed by atoms with van der Waals surface area (Å²) in [5.41, 5.74) is 8.17. The van der Waals surface area contributed by atoms with Crippen molar-refractivity contribution >= 4 is 22.5 Å². The highest BCUT2D eigenvalue weighted by molar-refractivity contribution is 6.07. The smallest absolute Gasteiger partial charge is 0.256 e. The molecule has 1 aromatic carbocycles. The van der Waals surface area contributed by atoms with E-state index in [9.17, 15) is 4.79 Å². The van der Waals surface area contributed by atoms with Gasteiger partial charge >= 0.3 is 0 Å². The van der Waals surface area contributed by atoms with E-state index < -0.39 is 0 Å². The van der Waals surface area contributed by atoms with Crippen molar-refractivity contribution in [2.24, 2.45) is 5.92 Å². The van der Waals surface area contributed by atoms with Gasteiger partial charge in [0.25, 0.3) is 5.91 Å². The van der Waals surface area contributed by atoms with Gasteiger partial charge in [0.05, 0.1) is 5.56 Å². The second kappa shape index (κ2) is 5.19. The number of fused-ring (bicyclic) bond motifs is 1. The molecule has 4 heteroatoms. The van der Waals surface area contributed by atoms with Gasteiger partial charge in [-0.25, -0.2) is 0 Å². The lowest BCUT2D eigenvalue weighted by Crippen LogP contribution is -2.31. The van der Waals surface area contributed by atoms with Crippen LogP contribution in [0.4, 0.5) is 5.69 Å². The lowest BCUT2D eigenvalue weighted by molar-refractivity contribution is 0.0762. The molecule has 106 valence electrons. The Morgan fingerprint density at radius 1 is 1.35 bits per heavy atom. The first kappa shape index (κ1) is 13.0. The van der Waals surface area contributed by atoms with Crippen molar-refractivity contribution in [3.63, 3.8) is 0 Å². The van der Waals surface area contributed by atoms with Crippen LogP contribution >= 0.6 is 0 Å². The van der Waals surface area contributed by atoms with E-state index in [0.29, 0.717) is 5.69 Å². The first-order valence-corrected chi connectivity index (χ1v) is 7.31. The molecular weight excluding hydrogens is 250 g/mol. The molecule has 1 aliphatic heterocycles. The molecule has 0 saturated carbocycles. The zero-order valence-corrected chi connectivity index (χ0v) is 11.9. The first-order valence-electron chi connectivity index (χ1n) is 7.31. The molecule has 1 fully saturated rings. The number of carbonyl (C=O) groups is 1. The molecule has 20 heavy (non-hydrogen) atoms. The highest BCUT2D eigenvalue weighted by Crippen LogP contribution is 2.24. The molecule has 0 aliphatic carbocycles. The van der Waals surface area contributed by atoms with Gasteiger partial charge in [0, 0.05) is 35.9 Å². The van der Waals surface area contributed by atoms with Crippen LogP contribution < -0.4 is 5.73 Å². The minimum atomic E-state index is 0.134. The van der Waals surface area contributed by atoms with Crippen LogP contribution in [0.3, 0.4) is 0 Å². The minimum Gasteiger partial charge on any atom is -0.399 e. The largest absolute Gasteiger partial charge is 0.399 e. The SMILES string of the molecule is CC1CCCN(C(=O)c2c[nH]c3cc(N)ccc23)CC1. The Balaban J connectivity index is 1.88. The molecule has 1 amide bonds. The number of nitrogens with one attached hydrogen (secondary N) is 1. The molecule has 1 aromatic heterocycles. The van der Waals surface area contributed by atoms with Crippen molar-refractivity contribution in [3.05, 3.63) is 30.0 Å². The van der Waals surface area contributed by atoms with Crippen molar-refractivity contribution < 1.29 is 4.79 Å². The third-order valence-corrected chi connectivity index (χ3v) is 4.24. The number of carbonyl (C=O) groups excluding carboxylic acids is 1. The number of benzene rings is 1. The molecule has 1 aliphatic rings. The predicted octanol–water partition coefficient (Wildman–Crippen LogP) is 3.01. The molecule has 3 rings (SSSR count). The molecule has 2 aromatic rings. The van der Waals surface area contributed by atoms with E-state index in [-0.39, 0.29) is 5.91 Å². The average molecular weight is 271 g/mol. The van der Waals surface area contributed by atoms with E-state index in [0.717, 1.165) is 48.3 Å². The van der Waals surface area contributed by atoms with Crippen LogP contribution in [-0.4, -0.2) is 28.9 Å². The van der Waals surface area contributed by atoms with E-state index >= 15 is 0 Å². The number of aromatic nitrogens is 1. The van der Waals surface area contributed by atoms with Gasteiger partial charge in [-0.2, -0.15) is 0 Å². The first-order chi connectivity index (χ1) is 9.65. The number of amides is 1. The van der Waals surface area contributed by atoms with Crippen LogP contribution in [0.15, 0.2) is 24.4 Å². The summed E-state index contributed by atoms with van der Waals surface area (Å²) >= 11 is 0. The second-order valence-electron chi connectivity index (χ2n) is 5.84. The fraction of sp³-hybridized carbons (Fsp3) is 0.438. The van der Waals surface area contributed by atoms with E-state index in [4.69, 9.17) is 5.73 Å². The van der Waals surface area contributed by atoms with Gasteiger partial charge in [0.1, 0.15) is 0 Å². The van der Waals surface area contributed by atoms with Gasteiger partial charge in [0.2, 0.25) is 0 Å². The van der Waals surface area contributed by atoms with Gasteiger partial charge in [-0.15, -0.1) is 0 Å². The third kappa shape index (κ3) is 2.38. The zero-order valence-electron chi connectivity index (χ0n) is 11.9. The Kier molecular flexibility index (Phi) is 3.38. The standard InChI is InChI=1S/C16H21N3O/c1-11-3-2-7-19(8-6-11)16(20)14-10-18-15-9-12(17)4-5-13(14)15/h4-5,9-11,18H,2-3,6-8,17H2,1H3. The van der Waals surface area contributed by atoms with Crippen molar-refractivity contribution in [2.75, 3.05) is 18.8 Å². The number of anilines is 1. The monoisotopic (exact) mass is 271 g/mol. The van der Waals surface area contributed by atoms with Crippen LogP contribution in [-0.2, 0) is 0 Å². The summed E-state index contributed by atoms with van der Waals surface area (Å²) in [6.07, 6.45) is 5.22. The lowest BCUT2D eigenvalue weighted by atomic mass is 10.0. The summed E-state index contributed by atoms with van der Waals surface area (Å²) in [4.78, 5) is 17.8. The predicted molar refractivity (Wildman–Crippen MR) is 81.6 cm³/mol.